The molecule has 1 aromatic carbocycles. The number of nitrogen functional groups attached to an aromatic ring is 1. The molecule has 5 aliphatic rings. The molecule has 4 N–H and O–H groups in total. The van der Waals surface area contributed by atoms with E-state index >= 15 is 8.78 Å². The fraction of sp³-hybridized carbons (Fsp3) is 0.551. The fourth-order valence-corrected chi connectivity index (χ4v) is 10.6. The second-order valence-corrected chi connectivity index (χ2v) is 20.9. The number of amides is 4. The van der Waals surface area contributed by atoms with Crippen LogP contribution in [0.3, 0.4) is 0 Å². The number of benzene rings is 1. The lowest BCUT2D eigenvalue weighted by Crippen LogP contribution is -2.59. The molecule has 21 nitrogen and oxygen atoms in total. The number of piperazine rings is 2. The number of hydrogen-bond acceptors (Lipinski definition) is 17. The predicted octanol–water partition coefficient (Wildman–Crippen LogP) is 4.75. The van der Waals surface area contributed by atoms with Gasteiger partial charge in [0.1, 0.15) is 35.3 Å². The molecule has 0 radical (unpaired) electrons. The van der Waals surface area contributed by atoms with Crippen LogP contribution >= 0.6 is 0 Å². The van der Waals surface area contributed by atoms with Crippen LogP contribution in [0.2, 0.25) is 0 Å². The summed E-state index contributed by atoms with van der Waals surface area (Å²) in [5, 5.41) is 15.1. The van der Waals surface area contributed by atoms with E-state index in [1.807, 2.05) is 25.5 Å². The molecule has 10 rings (SSSR count). The fourth-order valence-electron chi connectivity index (χ4n) is 10.6. The van der Waals surface area contributed by atoms with Gasteiger partial charge in [-0.1, -0.05) is 5.16 Å². The molecule has 4 aromatic heterocycles. The van der Waals surface area contributed by atoms with E-state index in [9.17, 15) is 19.2 Å². The van der Waals surface area contributed by atoms with Crippen molar-refractivity contribution in [2.24, 2.45) is 5.92 Å². The standard InChI is InChI=1S/C49H61F2N15O6/c1-48(2,3)66-45-38(43(52)55-27-56-45)39(59-66)40-37(42(72-60-40)28-6-7-28)44-53-24-31(25-54-44)61-14-16-64(17-15-61)47(70)71-26-36(68)62-12-10-29(11-13-62)49(4,5)65-20-18-63(19-21-65)41-32(50)22-30(23-33(41)51)57-34-8-9-35(67)58-46(34)69/h22-25,27-29,34,57H,6-21,26H2,1-5H3,(H2,52,55,56)(H,58,67,69)/t34-/m0/s1. The number of aromatic nitrogens is 7. The van der Waals surface area contributed by atoms with Crippen molar-refractivity contribution in [3.05, 3.63) is 48.2 Å². The maximum atomic E-state index is 15.4. The van der Waals surface area contributed by atoms with E-state index in [0.717, 1.165) is 31.4 Å². The van der Waals surface area contributed by atoms with Gasteiger partial charge in [-0.25, -0.2) is 38.2 Å². The number of fused-ring (bicyclic) bond motifs is 1. The third-order valence-electron chi connectivity index (χ3n) is 15.0. The van der Waals surface area contributed by atoms with E-state index in [2.05, 4.69) is 49.4 Å². The Morgan fingerprint density at radius 3 is 2.14 bits per heavy atom. The van der Waals surface area contributed by atoms with Gasteiger partial charge in [-0.05, 0) is 84.8 Å². The Hall–Kier alpha value is -7.04. The summed E-state index contributed by atoms with van der Waals surface area (Å²) in [6, 6.07) is 1.63. The van der Waals surface area contributed by atoms with Crippen LogP contribution in [-0.2, 0) is 24.7 Å². The molecule has 4 aliphatic heterocycles. The Morgan fingerprint density at radius 2 is 1.50 bits per heavy atom. The summed E-state index contributed by atoms with van der Waals surface area (Å²) in [6.07, 6.45) is 8.25. The Labute approximate surface area is 414 Å². The van der Waals surface area contributed by atoms with Crippen LogP contribution in [0, 0.1) is 17.6 Å². The topological polar surface area (TPSA) is 239 Å². The van der Waals surface area contributed by atoms with Crippen LogP contribution in [0.25, 0.3) is 33.8 Å². The van der Waals surface area contributed by atoms with E-state index in [-0.39, 0.29) is 65.8 Å². The molecule has 8 heterocycles. The first-order valence-corrected chi connectivity index (χ1v) is 24.8. The normalized spacial score (nSPS) is 19.8. The first-order chi connectivity index (χ1) is 34.4. The molecule has 4 amide bonds. The van der Waals surface area contributed by atoms with Crippen LogP contribution in [-0.4, -0.2) is 157 Å². The average molecular weight is 994 g/mol. The largest absolute Gasteiger partial charge is 0.439 e. The quantitative estimate of drug-likeness (QED) is 0.151. The van der Waals surface area contributed by atoms with Gasteiger partial charge >= 0.3 is 6.09 Å². The van der Waals surface area contributed by atoms with Gasteiger partial charge in [-0.2, -0.15) is 5.10 Å². The summed E-state index contributed by atoms with van der Waals surface area (Å²) in [5.41, 5.74) is 8.82. The van der Waals surface area contributed by atoms with Gasteiger partial charge in [0.25, 0.3) is 5.91 Å². The number of imide groups is 1. The maximum Gasteiger partial charge on any atom is 0.410 e. The average Bonchev–Trinajstić information content (AvgIpc) is 3.98. The number of nitrogens with zero attached hydrogens (tertiary/aromatic N) is 12. The lowest BCUT2D eigenvalue weighted by Gasteiger charge is -2.50. The monoisotopic (exact) mass is 993 g/mol. The molecule has 5 fully saturated rings. The van der Waals surface area contributed by atoms with Crippen LogP contribution in [0.4, 0.5) is 36.5 Å². The van der Waals surface area contributed by atoms with Gasteiger partial charge in [0.05, 0.1) is 34.6 Å². The van der Waals surface area contributed by atoms with Crippen molar-refractivity contribution in [1.82, 2.24) is 54.9 Å². The summed E-state index contributed by atoms with van der Waals surface area (Å²) >= 11 is 0. The molecule has 0 bridgehead atoms. The Balaban J connectivity index is 0.683. The number of carbonyl (C=O) groups excluding carboxylic acids is 4. The van der Waals surface area contributed by atoms with E-state index < -0.39 is 35.2 Å². The van der Waals surface area contributed by atoms with E-state index in [4.69, 9.17) is 30.1 Å². The minimum absolute atomic E-state index is 0.103. The number of carbonyl (C=O) groups is 4. The van der Waals surface area contributed by atoms with Crippen LogP contribution < -0.4 is 26.2 Å². The van der Waals surface area contributed by atoms with Crippen LogP contribution in [0.5, 0.6) is 0 Å². The number of piperidine rings is 2. The summed E-state index contributed by atoms with van der Waals surface area (Å²) in [5.74, 6) is -0.668. The third-order valence-corrected chi connectivity index (χ3v) is 15.0. The maximum absolute atomic E-state index is 15.4. The SMILES string of the molecule is CC(C)(C1CCN(C(=O)COC(=O)N2CCN(c3cnc(-c4c(-c5nn(C(C)(C)C)c6ncnc(N)c56)noc4C4CC4)nc3)CC2)CC1)N1CCN(c2c(F)cc(N[C@H]3CCC(=O)NC3=O)cc2F)CC1. The van der Waals surface area contributed by atoms with Gasteiger partial charge in [0.15, 0.2) is 35.5 Å². The van der Waals surface area contributed by atoms with E-state index in [0.29, 0.717) is 105 Å². The molecule has 4 saturated heterocycles. The van der Waals surface area contributed by atoms with Crippen molar-refractivity contribution in [2.75, 3.05) is 92.9 Å². The smallest absolute Gasteiger partial charge is 0.410 e. The van der Waals surface area contributed by atoms with Crippen molar-refractivity contribution in [3.8, 4) is 22.8 Å². The molecular weight excluding hydrogens is 933 g/mol. The van der Waals surface area contributed by atoms with Crippen LogP contribution in [0.1, 0.15) is 84.8 Å². The predicted molar refractivity (Wildman–Crippen MR) is 262 cm³/mol. The molecule has 1 aliphatic carbocycles. The highest BCUT2D eigenvalue weighted by molar-refractivity contribution is 6.02. The molecule has 1 atom stereocenters. The molecule has 23 heteroatoms. The van der Waals surface area contributed by atoms with E-state index in [1.54, 1.807) is 27.1 Å². The third kappa shape index (κ3) is 9.57. The zero-order chi connectivity index (χ0) is 50.6. The highest BCUT2D eigenvalue weighted by Gasteiger charge is 2.41. The lowest BCUT2D eigenvalue weighted by molar-refractivity contribution is -0.137. The van der Waals surface area contributed by atoms with Crippen molar-refractivity contribution in [1.29, 1.82) is 0 Å². The van der Waals surface area contributed by atoms with Crippen molar-refractivity contribution in [3.63, 3.8) is 0 Å². The first kappa shape index (κ1) is 48.6. The van der Waals surface area contributed by atoms with Crippen molar-refractivity contribution < 1.29 is 37.2 Å². The second-order valence-electron chi connectivity index (χ2n) is 20.9. The number of nitrogens with one attached hydrogen (secondary N) is 2. The molecule has 5 aromatic rings. The highest BCUT2D eigenvalue weighted by atomic mass is 19.1. The molecule has 0 spiro atoms. The number of likely N-dealkylation sites (tertiary alicyclic amines) is 1. The summed E-state index contributed by atoms with van der Waals surface area (Å²) in [6.45, 7) is 15.0. The summed E-state index contributed by atoms with van der Waals surface area (Å²) in [7, 11) is 0. The number of hydrogen-bond donors (Lipinski definition) is 3. The van der Waals surface area contributed by atoms with Crippen LogP contribution in [0.15, 0.2) is 35.4 Å². The minimum atomic E-state index is -0.753. The molecule has 382 valence electrons. The molecule has 0 unspecified atom stereocenters. The Kier molecular flexibility index (Phi) is 12.9. The van der Waals surface area contributed by atoms with Gasteiger partial charge in [0, 0.05) is 89.0 Å². The Morgan fingerprint density at radius 1 is 0.833 bits per heavy atom. The minimum Gasteiger partial charge on any atom is -0.439 e. The molecule has 72 heavy (non-hydrogen) atoms. The number of ether oxygens (including phenoxy) is 1. The zero-order valence-corrected chi connectivity index (χ0v) is 41.3. The lowest BCUT2D eigenvalue weighted by atomic mass is 9.78. The molecule has 1 saturated carbocycles. The summed E-state index contributed by atoms with van der Waals surface area (Å²) in [4.78, 5) is 78.1. The van der Waals surface area contributed by atoms with Crippen molar-refractivity contribution >= 4 is 57.7 Å². The molecular formula is C49H61F2N15O6. The van der Waals surface area contributed by atoms with Gasteiger partial charge in [-0.15, -0.1) is 0 Å². The second kappa shape index (κ2) is 19.2. The van der Waals surface area contributed by atoms with Gasteiger partial charge < -0.3 is 39.9 Å². The first-order valence-electron chi connectivity index (χ1n) is 24.8. The van der Waals surface area contributed by atoms with Gasteiger partial charge in [-0.3, -0.25) is 24.6 Å². The number of nitrogens with two attached hydrogens (primary N) is 1. The number of rotatable bonds is 11. The van der Waals surface area contributed by atoms with E-state index in [1.165, 1.54) is 18.5 Å². The Bertz CT molecular complexity index is 2850. The number of anilines is 4. The summed E-state index contributed by atoms with van der Waals surface area (Å²) < 4.78 is 44.1. The van der Waals surface area contributed by atoms with Crippen molar-refractivity contribution in [2.45, 2.75) is 96.2 Å². The van der Waals surface area contributed by atoms with Gasteiger partial charge in [0.2, 0.25) is 11.8 Å². The zero-order valence-electron chi connectivity index (χ0n) is 41.3. The highest BCUT2D eigenvalue weighted by Crippen LogP contribution is 2.48. The number of halogens is 2.